The number of halogens is 1. The number of hydrogen-bond donors (Lipinski definition) is 1. The van der Waals surface area contributed by atoms with E-state index in [9.17, 15) is 9.59 Å². The number of anilines is 2. The summed E-state index contributed by atoms with van der Waals surface area (Å²) in [5.74, 6) is 0.152. The van der Waals surface area contributed by atoms with Gasteiger partial charge in [0.25, 0.3) is 0 Å². The molecule has 1 fully saturated rings. The predicted octanol–water partition coefficient (Wildman–Crippen LogP) is 3.52. The third-order valence-electron chi connectivity index (χ3n) is 5.74. The van der Waals surface area contributed by atoms with E-state index in [2.05, 4.69) is 10.2 Å². The molecular formula is C21H25ClN4O2S. The van der Waals surface area contributed by atoms with E-state index in [1.807, 2.05) is 24.0 Å². The minimum atomic E-state index is -0.0413. The summed E-state index contributed by atoms with van der Waals surface area (Å²) >= 11 is 7.70. The molecule has 2 heterocycles. The number of hydrogen-bond acceptors (Lipinski definition) is 5. The van der Waals surface area contributed by atoms with Crippen molar-refractivity contribution in [3.05, 3.63) is 39.4 Å². The van der Waals surface area contributed by atoms with Gasteiger partial charge in [0.2, 0.25) is 11.8 Å². The van der Waals surface area contributed by atoms with Crippen molar-refractivity contribution in [1.82, 2.24) is 9.88 Å². The first-order valence-corrected chi connectivity index (χ1v) is 11.2. The van der Waals surface area contributed by atoms with Crippen molar-refractivity contribution in [2.45, 2.75) is 33.1 Å². The van der Waals surface area contributed by atoms with E-state index in [-0.39, 0.29) is 17.7 Å². The molecule has 2 aliphatic rings. The number of benzene rings is 1. The third kappa shape index (κ3) is 4.41. The molecule has 29 heavy (non-hydrogen) atoms. The van der Waals surface area contributed by atoms with Crippen molar-refractivity contribution < 1.29 is 9.59 Å². The van der Waals surface area contributed by atoms with Crippen LogP contribution in [0.2, 0.25) is 5.02 Å². The first-order valence-electron chi connectivity index (χ1n) is 9.97. The molecule has 154 valence electrons. The van der Waals surface area contributed by atoms with Crippen LogP contribution in [0.3, 0.4) is 0 Å². The minimum Gasteiger partial charge on any atom is -0.345 e. The Morgan fingerprint density at radius 3 is 2.69 bits per heavy atom. The third-order valence-corrected chi connectivity index (χ3v) is 7.16. The molecule has 8 heteroatoms. The Hall–Kier alpha value is -2.12. The van der Waals surface area contributed by atoms with Gasteiger partial charge in [-0.05, 0) is 49.9 Å². The van der Waals surface area contributed by atoms with E-state index in [4.69, 9.17) is 16.6 Å². The van der Waals surface area contributed by atoms with E-state index < -0.39 is 0 Å². The lowest BCUT2D eigenvalue weighted by Crippen LogP contribution is -2.48. The molecule has 1 atom stereocenters. The molecule has 1 aliphatic heterocycles. The second-order valence-electron chi connectivity index (χ2n) is 7.75. The Kier molecular flexibility index (Phi) is 5.79. The molecule has 0 saturated carbocycles. The number of aryl methyl sites for hydroxylation is 2. The zero-order chi connectivity index (χ0) is 20.5. The Morgan fingerprint density at radius 2 is 2.00 bits per heavy atom. The van der Waals surface area contributed by atoms with Crippen molar-refractivity contribution >= 4 is 45.6 Å². The molecule has 0 bridgehead atoms. The lowest BCUT2D eigenvalue weighted by Gasteiger charge is -2.33. The fraction of sp³-hybridized carbons (Fsp3) is 0.476. The summed E-state index contributed by atoms with van der Waals surface area (Å²) in [6.07, 6.45) is 2.38. The minimum absolute atomic E-state index is 0.0413. The van der Waals surface area contributed by atoms with Crippen LogP contribution in [0.15, 0.2) is 18.2 Å². The van der Waals surface area contributed by atoms with Gasteiger partial charge in [-0.3, -0.25) is 9.59 Å². The largest absolute Gasteiger partial charge is 0.345 e. The van der Waals surface area contributed by atoms with Crippen LogP contribution in [-0.2, 0) is 22.4 Å². The van der Waals surface area contributed by atoms with Gasteiger partial charge in [0.1, 0.15) is 0 Å². The Balaban J connectivity index is 1.40. The molecule has 0 unspecified atom stereocenters. The summed E-state index contributed by atoms with van der Waals surface area (Å²) in [5.41, 5.74) is 2.91. The first-order chi connectivity index (χ1) is 13.9. The number of carbonyl (C=O) groups excluding carboxylic acids is 2. The Morgan fingerprint density at radius 1 is 1.24 bits per heavy atom. The number of nitrogens with zero attached hydrogens (tertiary/aromatic N) is 3. The van der Waals surface area contributed by atoms with Crippen molar-refractivity contribution in [3.63, 3.8) is 0 Å². The average Bonchev–Trinajstić information content (AvgIpc) is 3.13. The molecule has 2 amide bonds. The van der Waals surface area contributed by atoms with Crippen LogP contribution in [0.4, 0.5) is 10.8 Å². The number of nitrogens with one attached hydrogen (secondary N) is 1. The highest BCUT2D eigenvalue weighted by molar-refractivity contribution is 7.15. The lowest BCUT2D eigenvalue weighted by atomic mass is 9.90. The zero-order valence-corrected chi connectivity index (χ0v) is 18.3. The molecule has 1 N–H and O–H groups in total. The van der Waals surface area contributed by atoms with Crippen LogP contribution in [-0.4, -0.2) is 47.9 Å². The molecular weight excluding hydrogens is 408 g/mol. The van der Waals surface area contributed by atoms with Gasteiger partial charge in [-0.15, -0.1) is 11.3 Å². The molecule has 6 nitrogen and oxygen atoms in total. The molecule has 4 rings (SSSR count). The highest BCUT2D eigenvalue weighted by atomic mass is 35.5. The molecule has 1 saturated heterocycles. The first kappa shape index (κ1) is 20.2. The van der Waals surface area contributed by atoms with E-state index in [1.54, 1.807) is 24.3 Å². The van der Waals surface area contributed by atoms with Crippen molar-refractivity contribution in [1.29, 1.82) is 0 Å². The highest BCUT2D eigenvalue weighted by Gasteiger charge is 2.29. The van der Waals surface area contributed by atoms with Crippen LogP contribution in [0, 0.1) is 12.8 Å². The van der Waals surface area contributed by atoms with Crippen LogP contribution >= 0.6 is 22.9 Å². The number of rotatable bonds is 3. The fourth-order valence-electron chi connectivity index (χ4n) is 3.94. The average molecular weight is 433 g/mol. The van der Waals surface area contributed by atoms with Crippen LogP contribution in [0.5, 0.6) is 0 Å². The van der Waals surface area contributed by atoms with Crippen molar-refractivity contribution in [3.8, 4) is 0 Å². The number of amides is 2. The summed E-state index contributed by atoms with van der Waals surface area (Å²) in [6, 6.07) is 5.51. The van der Waals surface area contributed by atoms with Gasteiger partial charge in [0.15, 0.2) is 5.13 Å². The summed E-state index contributed by atoms with van der Waals surface area (Å²) < 4.78 is 0. The maximum Gasteiger partial charge on any atom is 0.227 e. The standard InChI is InChI=1S/C21H25ClN4O2S/c1-13-11-16(22)4-6-17(13)23-20(28)15-3-5-18-19(12-15)29-21(24-18)26-9-7-25(8-10-26)14(2)27/h4,6,11,15H,3,5,7-10,12H2,1-2H3,(H,23,28)/t15-/m1/s1. The summed E-state index contributed by atoms with van der Waals surface area (Å²) in [5, 5.41) is 4.75. The monoisotopic (exact) mass is 432 g/mol. The Bertz CT molecular complexity index is 937. The van der Waals surface area contributed by atoms with Crippen LogP contribution in [0.25, 0.3) is 0 Å². The molecule has 0 radical (unpaired) electrons. The van der Waals surface area contributed by atoms with E-state index >= 15 is 0 Å². The topological polar surface area (TPSA) is 65.5 Å². The lowest BCUT2D eigenvalue weighted by molar-refractivity contribution is -0.129. The summed E-state index contributed by atoms with van der Waals surface area (Å²) in [6.45, 7) is 6.67. The van der Waals surface area contributed by atoms with E-state index in [0.29, 0.717) is 5.02 Å². The van der Waals surface area contributed by atoms with E-state index in [1.165, 1.54) is 4.88 Å². The molecule has 1 aromatic carbocycles. The molecule has 1 aromatic heterocycles. The van der Waals surface area contributed by atoms with Crippen LogP contribution < -0.4 is 10.2 Å². The molecule has 2 aromatic rings. The smallest absolute Gasteiger partial charge is 0.227 e. The van der Waals surface area contributed by atoms with Gasteiger partial charge in [-0.1, -0.05) is 11.6 Å². The highest BCUT2D eigenvalue weighted by Crippen LogP contribution is 2.35. The second kappa shape index (κ2) is 8.32. The molecule has 1 aliphatic carbocycles. The van der Waals surface area contributed by atoms with Gasteiger partial charge in [0.05, 0.1) is 5.69 Å². The maximum atomic E-state index is 12.8. The van der Waals surface area contributed by atoms with Gasteiger partial charge < -0.3 is 15.1 Å². The second-order valence-corrected chi connectivity index (χ2v) is 9.25. The quantitative estimate of drug-likeness (QED) is 0.805. The number of fused-ring (bicyclic) bond motifs is 1. The summed E-state index contributed by atoms with van der Waals surface area (Å²) in [4.78, 5) is 34.5. The summed E-state index contributed by atoms with van der Waals surface area (Å²) in [7, 11) is 0. The number of piperazine rings is 1. The fourth-order valence-corrected chi connectivity index (χ4v) is 5.40. The van der Waals surface area contributed by atoms with Crippen LogP contribution in [0.1, 0.15) is 29.5 Å². The number of carbonyl (C=O) groups is 2. The van der Waals surface area contributed by atoms with Crippen molar-refractivity contribution in [2.24, 2.45) is 5.92 Å². The number of aromatic nitrogens is 1. The number of thiazole rings is 1. The Labute approximate surface area is 179 Å². The normalized spacial score (nSPS) is 19.1. The van der Waals surface area contributed by atoms with Gasteiger partial charge in [-0.2, -0.15) is 0 Å². The van der Waals surface area contributed by atoms with Crippen molar-refractivity contribution in [2.75, 3.05) is 36.4 Å². The van der Waals surface area contributed by atoms with Gasteiger partial charge >= 0.3 is 0 Å². The van der Waals surface area contributed by atoms with E-state index in [0.717, 1.165) is 67.5 Å². The zero-order valence-electron chi connectivity index (χ0n) is 16.7. The van der Waals surface area contributed by atoms with Gasteiger partial charge in [0, 0.05) is 54.6 Å². The molecule has 0 spiro atoms. The maximum absolute atomic E-state index is 12.8. The SMILES string of the molecule is CC(=O)N1CCN(c2nc3c(s2)C[C@H](C(=O)Nc2ccc(Cl)cc2C)CC3)CC1. The predicted molar refractivity (Wildman–Crippen MR) is 117 cm³/mol. The van der Waals surface area contributed by atoms with Gasteiger partial charge in [-0.25, -0.2) is 4.98 Å².